The third-order valence-corrected chi connectivity index (χ3v) is 4.04. The lowest BCUT2D eigenvalue weighted by atomic mass is 10.1. The third kappa shape index (κ3) is 2.86. The maximum absolute atomic E-state index is 13.4. The number of amides is 1. The number of carbonyl (C=O) groups is 1. The van der Waals surface area contributed by atoms with Gasteiger partial charge in [0, 0.05) is 24.0 Å². The summed E-state index contributed by atoms with van der Waals surface area (Å²) in [6.07, 6.45) is 1.13. The minimum atomic E-state index is -0.294. The molecule has 1 aliphatic rings. The number of nitrogens with one attached hydrogen (secondary N) is 1. The molecule has 1 fully saturated rings. The lowest BCUT2D eigenvalue weighted by molar-refractivity contribution is 0.0139. The lowest BCUT2D eigenvalue weighted by Gasteiger charge is -2.17. The van der Waals surface area contributed by atoms with Crippen LogP contribution >= 0.6 is 0 Å². The maximum Gasteiger partial charge on any atom is 0.270 e. The van der Waals surface area contributed by atoms with E-state index < -0.39 is 0 Å². The minimum absolute atomic E-state index is 0.0501. The van der Waals surface area contributed by atoms with Crippen LogP contribution in [0.4, 0.5) is 4.39 Å². The van der Waals surface area contributed by atoms with Gasteiger partial charge in [0.15, 0.2) is 0 Å². The molecule has 1 aromatic heterocycles. The summed E-state index contributed by atoms with van der Waals surface area (Å²) in [5.74, 6) is -0.344. The summed E-state index contributed by atoms with van der Waals surface area (Å²) >= 11 is 0. The molecule has 0 saturated carbocycles. The van der Waals surface area contributed by atoms with Crippen molar-refractivity contribution in [1.82, 2.24) is 9.88 Å². The first-order valence-electron chi connectivity index (χ1n) is 7.67. The summed E-state index contributed by atoms with van der Waals surface area (Å²) in [7, 11) is 0. The van der Waals surface area contributed by atoms with E-state index in [4.69, 9.17) is 4.74 Å². The second kappa shape index (κ2) is 5.72. The van der Waals surface area contributed by atoms with Crippen molar-refractivity contribution in [2.75, 3.05) is 13.1 Å². The molecule has 0 spiro atoms. The molecular weight excluding hydrogens is 283 g/mol. The number of hydrogen-bond acceptors (Lipinski definition) is 2. The molecule has 0 aliphatic carbocycles. The van der Waals surface area contributed by atoms with Gasteiger partial charge in [-0.1, -0.05) is 0 Å². The molecule has 1 N–H and O–H groups in total. The summed E-state index contributed by atoms with van der Waals surface area (Å²) in [6, 6.07) is 4.71. The average molecular weight is 304 g/mol. The minimum Gasteiger partial charge on any atom is -0.374 e. The van der Waals surface area contributed by atoms with Gasteiger partial charge in [0.25, 0.3) is 5.91 Å². The van der Waals surface area contributed by atoms with Crippen molar-refractivity contribution in [3.63, 3.8) is 0 Å². The molecule has 4 nitrogen and oxygen atoms in total. The fourth-order valence-electron chi connectivity index (χ4n) is 3.07. The highest BCUT2D eigenvalue weighted by Gasteiger charge is 2.28. The van der Waals surface area contributed by atoms with Gasteiger partial charge in [-0.2, -0.15) is 0 Å². The highest BCUT2D eigenvalue weighted by molar-refractivity contribution is 5.99. The fraction of sp³-hybridized carbons (Fsp3) is 0.471. The number of halogens is 1. The highest BCUT2D eigenvalue weighted by atomic mass is 19.1. The zero-order valence-corrected chi connectivity index (χ0v) is 13.1. The van der Waals surface area contributed by atoms with E-state index in [1.165, 1.54) is 12.1 Å². The van der Waals surface area contributed by atoms with E-state index in [0.717, 1.165) is 17.4 Å². The number of benzene rings is 1. The lowest BCUT2D eigenvalue weighted by Crippen LogP contribution is -2.31. The summed E-state index contributed by atoms with van der Waals surface area (Å²) in [5, 5.41) is 0.888. The number of aryl methyl sites for hydroxylation is 1. The number of carbonyl (C=O) groups excluding carboxylic acids is 1. The van der Waals surface area contributed by atoms with Crippen LogP contribution in [0.15, 0.2) is 18.2 Å². The van der Waals surface area contributed by atoms with Gasteiger partial charge in [-0.25, -0.2) is 4.39 Å². The highest BCUT2D eigenvalue weighted by Crippen LogP contribution is 2.23. The van der Waals surface area contributed by atoms with Crippen LogP contribution in [-0.2, 0) is 4.74 Å². The Bertz CT molecular complexity index is 708. The Balaban J connectivity index is 1.80. The second-order valence-corrected chi connectivity index (χ2v) is 6.21. The van der Waals surface area contributed by atoms with Crippen molar-refractivity contribution in [1.29, 1.82) is 0 Å². The van der Waals surface area contributed by atoms with Crippen LogP contribution in [0.3, 0.4) is 0 Å². The molecule has 1 amide bonds. The molecule has 5 heteroatoms. The number of ether oxygens (including phenoxy) is 1. The molecule has 2 heterocycles. The first-order valence-corrected chi connectivity index (χ1v) is 7.67. The predicted octanol–water partition coefficient (Wildman–Crippen LogP) is 3.25. The topological polar surface area (TPSA) is 45.3 Å². The van der Waals surface area contributed by atoms with E-state index >= 15 is 0 Å². The monoisotopic (exact) mass is 304 g/mol. The molecule has 3 rings (SSSR count). The molecular formula is C17H21FN2O2. The average Bonchev–Trinajstić information content (AvgIpc) is 3.03. The Morgan fingerprint density at radius 1 is 1.41 bits per heavy atom. The largest absolute Gasteiger partial charge is 0.374 e. The summed E-state index contributed by atoms with van der Waals surface area (Å²) < 4.78 is 19.2. The smallest absolute Gasteiger partial charge is 0.270 e. The summed E-state index contributed by atoms with van der Waals surface area (Å²) in [4.78, 5) is 17.4. The van der Waals surface area contributed by atoms with E-state index in [1.54, 1.807) is 4.90 Å². The van der Waals surface area contributed by atoms with Crippen LogP contribution < -0.4 is 0 Å². The van der Waals surface area contributed by atoms with Crippen molar-refractivity contribution in [3.05, 3.63) is 35.3 Å². The molecule has 1 aromatic carbocycles. The van der Waals surface area contributed by atoms with E-state index in [0.29, 0.717) is 24.3 Å². The molecule has 1 aliphatic heterocycles. The number of aromatic nitrogens is 1. The number of H-pyrrole nitrogens is 1. The van der Waals surface area contributed by atoms with Crippen LogP contribution in [0.5, 0.6) is 0 Å². The summed E-state index contributed by atoms with van der Waals surface area (Å²) in [5.41, 5.74) is 2.00. The summed E-state index contributed by atoms with van der Waals surface area (Å²) in [6.45, 7) is 7.15. The number of rotatable bonds is 3. The van der Waals surface area contributed by atoms with Crippen molar-refractivity contribution < 1.29 is 13.9 Å². The number of likely N-dealkylation sites (tertiary alicyclic amines) is 1. The SMILES string of the molecule is Cc1cc(F)cc2[nH]c(C(=O)N3CC[C@@H](OC(C)C)C3)cc12. The Hall–Kier alpha value is -1.88. The Morgan fingerprint density at radius 3 is 2.91 bits per heavy atom. The predicted molar refractivity (Wildman–Crippen MR) is 83.5 cm³/mol. The Kier molecular flexibility index (Phi) is 3.91. The standard InChI is InChI=1S/C17H21FN2O2/c1-10(2)22-13-4-5-20(9-13)17(21)16-8-14-11(3)6-12(18)7-15(14)19-16/h6-8,10,13,19H,4-5,9H2,1-3H3/t13-/m1/s1. The van der Waals surface area contributed by atoms with E-state index in [-0.39, 0.29) is 23.9 Å². The van der Waals surface area contributed by atoms with Gasteiger partial charge < -0.3 is 14.6 Å². The molecule has 1 saturated heterocycles. The quantitative estimate of drug-likeness (QED) is 0.946. The fourth-order valence-corrected chi connectivity index (χ4v) is 3.07. The Morgan fingerprint density at radius 2 is 2.18 bits per heavy atom. The maximum atomic E-state index is 13.4. The van der Waals surface area contributed by atoms with Gasteiger partial charge in [0.05, 0.1) is 12.2 Å². The molecule has 118 valence electrons. The molecule has 0 radical (unpaired) electrons. The molecule has 1 atom stereocenters. The van der Waals surface area contributed by atoms with Gasteiger partial charge in [0.1, 0.15) is 11.5 Å². The third-order valence-electron chi connectivity index (χ3n) is 4.04. The second-order valence-electron chi connectivity index (χ2n) is 6.21. The van der Waals surface area contributed by atoms with Crippen molar-refractivity contribution in [2.24, 2.45) is 0 Å². The van der Waals surface area contributed by atoms with Crippen LogP contribution in [-0.4, -0.2) is 41.1 Å². The van der Waals surface area contributed by atoms with Crippen LogP contribution in [0, 0.1) is 12.7 Å². The number of aromatic amines is 1. The zero-order chi connectivity index (χ0) is 15.9. The number of nitrogens with zero attached hydrogens (tertiary/aromatic N) is 1. The normalized spacial score (nSPS) is 18.6. The van der Waals surface area contributed by atoms with Gasteiger partial charge in [-0.15, -0.1) is 0 Å². The number of hydrogen-bond donors (Lipinski definition) is 1. The van der Waals surface area contributed by atoms with Crippen molar-refractivity contribution in [3.8, 4) is 0 Å². The number of fused-ring (bicyclic) bond motifs is 1. The van der Waals surface area contributed by atoms with E-state index in [9.17, 15) is 9.18 Å². The van der Waals surface area contributed by atoms with Crippen molar-refractivity contribution in [2.45, 2.75) is 39.4 Å². The first kappa shape index (κ1) is 15.0. The Labute approximate surface area is 129 Å². The van der Waals surface area contributed by atoms with Gasteiger partial charge in [-0.05, 0) is 51.0 Å². The zero-order valence-electron chi connectivity index (χ0n) is 13.1. The van der Waals surface area contributed by atoms with Gasteiger partial charge in [-0.3, -0.25) is 4.79 Å². The van der Waals surface area contributed by atoms with E-state index in [2.05, 4.69) is 4.98 Å². The molecule has 2 aromatic rings. The van der Waals surface area contributed by atoms with Crippen molar-refractivity contribution >= 4 is 16.8 Å². The van der Waals surface area contributed by atoms with Crippen LogP contribution in [0.1, 0.15) is 36.3 Å². The molecule has 22 heavy (non-hydrogen) atoms. The molecule has 0 unspecified atom stereocenters. The van der Waals surface area contributed by atoms with Gasteiger partial charge in [0.2, 0.25) is 0 Å². The van der Waals surface area contributed by atoms with E-state index in [1.807, 2.05) is 26.8 Å². The van der Waals surface area contributed by atoms with Gasteiger partial charge >= 0.3 is 0 Å². The van der Waals surface area contributed by atoms with Crippen LogP contribution in [0.2, 0.25) is 0 Å². The molecule has 0 bridgehead atoms. The van der Waals surface area contributed by atoms with Crippen LogP contribution in [0.25, 0.3) is 10.9 Å². The first-order chi connectivity index (χ1) is 10.4.